The number of carbonyl (C=O) groups excluding carboxylic acids is 1. The minimum absolute atomic E-state index is 0.149. The number of benzene rings is 1. The molecule has 0 radical (unpaired) electrons. The predicted octanol–water partition coefficient (Wildman–Crippen LogP) is 2.29. The molecule has 0 spiro atoms. The van der Waals surface area contributed by atoms with E-state index in [-0.39, 0.29) is 24.2 Å². The van der Waals surface area contributed by atoms with E-state index in [1.807, 2.05) is 12.1 Å². The third-order valence-electron chi connectivity index (χ3n) is 3.06. The van der Waals surface area contributed by atoms with Crippen molar-refractivity contribution in [1.29, 1.82) is 0 Å². The standard InChI is InChI=1S/C15H24N2O2/c1-4-14(12-5-7-13(18)8-6-12)17(9-11(2)3)10-15(16)19/h5-8,11,14,18H,4,9-10H2,1-3H3,(H2,16,19). The van der Waals surface area contributed by atoms with Crippen molar-refractivity contribution in [3.05, 3.63) is 29.8 Å². The van der Waals surface area contributed by atoms with Crippen molar-refractivity contribution < 1.29 is 9.90 Å². The summed E-state index contributed by atoms with van der Waals surface area (Å²) in [6.07, 6.45) is 0.894. The highest BCUT2D eigenvalue weighted by molar-refractivity contribution is 5.76. The summed E-state index contributed by atoms with van der Waals surface area (Å²) in [7, 11) is 0. The average molecular weight is 264 g/mol. The van der Waals surface area contributed by atoms with Crippen LogP contribution in [0.2, 0.25) is 0 Å². The molecule has 1 amide bonds. The van der Waals surface area contributed by atoms with E-state index < -0.39 is 0 Å². The second-order valence-electron chi connectivity index (χ2n) is 5.31. The van der Waals surface area contributed by atoms with Crippen molar-refractivity contribution in [3.63, 3.8) is 0 Å². The van der Waals surface area contributed by atoms with Gasteiger partial charge in [0.1, 0.15) is 5.75 Å². The summed E-state index contributed by atoms with van der Waals surface area (Å²) in [5.41, 5.74) is 6.44. The number of carbonyl (C=O) groups is 1. The highest BCUT2D eigenvalue weighted by Crippen LogP contribution is 2.26. The zero-order valence-corrected chi connectivity index (χ0v) is 12.0. The van der Waals surface area contributed by atoms with Crippen LogP contribution in [0.25, 0.3) is 0 Å². The Kier molecular flexibility index (Phi) is 5.83. The molecule has 1 aromatic carbocycles. The molecule has 0 aliphatic heterocycles. The lowest BCUT2D eigenvalue weighted by atomic mass is 10.0. The van der Waals surface area contributed by atoms with Crippen molar-refractivity contribution >= 4 is 5.91 Å². The zero-order chi connectivity index (χ0) is 14.4. The van der Waals surface area contributed by atoms with Gasteiger partial charge in [0, 0.05) is 12.6 Å². The van der Waals surface area contributed by atoms with E-state index in [2.05, 4.69) is 25.7 Å². The summed E-state index contributed by atoms with van der Waals surface area (Å²) >= 11 is 0. The van der Waals surface area contributed by atoms with Crippen LogP contribution in [0.15, 0.2) is 24.3 Å². The van der Waals surface area contributed by atoms with Gasteiger partial charge in [0.05, 0.1) is 6.54 Å². The molecule has 1 rings (SSSR count). The Morgan fingerprint density at radius 2 is 1.89 bits per heavy atom. The molecule has 0 fully saturated rings. The lowest BCUT2D eigenvalue weighted by Gasteiger charge is -2.31. The smallest absolute Gasteiger partial charge is 0.231 e. The van der Waals surface area contributed by atoms with Crippen molar-refractivity contribution in [2.45, 2.75) is 33.2 Å². The molecule has 0 aromatic heterocycles. The van der Waals surface area contributed by atoms with Crippen molar-refractivity contribution in [2.75, 3.05) is 13.1 Å². The second kappa shape index (κ2) is 7.14. The molecular formula is C15H24N2O2. The van der Waals surface area contributed by atoms with Crippen LogP contribution in [0.3, 0.4) is 0 Å². The van der Waals surface area contributed by atoms with Crippen LogP contribution in [0, 0.1) is 5.92 Å². The topological polar surface area (TPSA) is 66.6 Å². The van der Waals surface area contributed by atoms with Crippen molar-refractivity contribution in [2.24, 2.45) is 11.7 Å². The van der Waals surface area contributed by atoms with Gasteiger partial charge in [-0.3, -0.25) is 9.69 Å². The lowest BCUT2D eigenvalue weighted by Crippen LogP contribution is -2.38. The number of hydrogen-bond acceptors (Lipinski definition) is 3. The molecule has 3 N–H and O–H groups in total. The molecule has 0 aliphatic rings. The van der Waals surface area contributed by atoms with E-state index in [1.54, 1.807) is 12.1 Å². The quantitative estimate of drug-likeness (QED) is 0.794. The van der Waals surface area contributed by atoms with Crippen LogP contribution in [0.4, 0.5) is 0 Å². The van der Waals surface area contributed by atoms with Crippen LogP contribution in [-0.4, -0.2) is 29.0 Å². The Labute approximate surface area is 115 Å². The highest BCUT2D eigenvalue weighted by atomic mass is 16.3. The zero-order valence-electron chi connectivity index (χ0n) is 12.0. The van der Waals surface area contributed by atoms with Gasteiger partial charge >= 0.3 is 0 Å². The first-order chi connectivity index (χ1) is 8.93. The van der Waals surface area contributed by atoms with E-state index in [4.69, 9.17) is 5.73 Å². The van der Waals surface area contributed by atoms with Gasteiger partial charge in [-0.1, -0.05) is 32.9 Å². The summed E-state index contributed by atoms with van der Waals surface area (Å²) in [5.74, 6) is 0.410. The largest absolute Gasteiger partial charge is 0.508 e. The molecule has 0 bridgehead atoms. The third kappa shape index (κ3) is 4.91. The van der Waals surface area contributed by atoms with Gasteiger partial charge in [-0.25, -0.2) is 0 Å². The molecule has 19 heavy (non-hydrogen) atoms. The third-order valence-corrected chi connectivity index (χ3v) is 3.06. The maximum absolute atomic E-state index is 11.2. The number of phenolic OH excluding ortho intramolecular Hbond substituents is 1. The first kappa shape index (κ1) is 15.5. The first-order valence-electron chi connectivity index (χ1n) is 6.75. The molecule has 4 nitrogen and oxygen atoms in total. The number of rotatable bonds is 7. The van der Waals surface area contributed by atoms with Gasteiger partial charge in [0.15, 0.2) is 0 Å². The predicted molar refractivity (Wildman–Crippen MR) is 76.7 cm³/mol. The number of nitrogens with zero attached hydrogens (tertiary/aromatic N) is 1. The van der Waals surface area contributed by atoms with Crippen molar-refractivity contribution in [1.82, 2.24) is 4.90 Å². The number of primary amides is 1. The number of nitrogens with two attached hydrogens (primary N) is 1. The van der Waals surface area contributed by atoms with E-state index in [1.165, 1.54) is 0 Å². The van der Waals surface area contributed by atoms with Crippen LogP contribution in [0.5, 0.6) is 5.75 Å². The van der Waals surface area contributed by atoms with Crippen LogP contribution >= 0.6 is 0 Å². The molecule has 0 heterocycles. The monoisotopic (exact) mass is 264 g/mol. The molecule has 0 saturated carbocycles. The maximum Gasteiger partial charge on any atom is 0.231 e. The molecule has 1 unspecified atom stereocenters. The van der Waals surface area contributed by atoms with Gasteiger partial charge in [-0.2, -0.15) is 0 Å². The van der Waals surface area contributed by atoms with Crippen LogP contribution in [0.1, 0.15) is 38.8 Å². The summed E-state index contributed by atoms with van der Waals surface area (Å²) < 4.78 is 0. The fourth-order valence-corrected chi connectivity index (χ4v) is 2.37. The summed E-state index contributed by atoms with van der Waals surface area (Å²) in [6, 6.07) is 7.30. The Morgan fingerprint density at radius 1 is 1.32 bits per heavy atom. The summed E-state index contributed by atoms with van der Waals surface area (Å²) in [4.78, 5) is 13.3. The normalized spacial score (nSPS) is 12.9. The molecule has 1 atom stereocenters. The molecule has 0 aliphatic carbocycles. The summed E-state index contributed by atoms with van der Waals surface area (Å²) in [6.45, 7) is 7.42. The molecule has 106 valence electrons. The Morgan fingerprint density at radius 3 is 2.32 bits per heavy atom. The number of aromatic hydroxyl groups is 1. The van der Waals surface area contributed by atoms with E-state index in [0.29, 0.717) is 5.92 Å². The molecule has 4 heteroatoms. The SMILES string of the molecule is CCC(c1ccc(O)cc1)N(CC(N)=O)CC(C)C. The minimum Gasteiger partial charge on any atom is -0.508 e. The number of hydrogen-bond donors (Lipinski definition) is 2. The molecule has 1 aromatic rings. The Bertz CT molecular complexity index is 401. The van der Waals surface area contributed by atoms with Crippen molar-refractivity contribution in [3.8, 4) is 5.75 Å². The van der Waals surface area contributed by atoms with Gasteiger partial charge in [0.25, 0.3) is 0 Å². The Hall–Kier alpha value is -1.55. The lowest BCUT2D eigenvalue weighted by molar-refractivity contribution is -0.119. The van der Waals surface area contributed by atoms with E-state index in [9.17, 15) is 9.90 Å². The number of phenols is 1. The van der Waals surface area contributed by atoms with Crippen LogP contribution in [-0.2, 0) is 4.79 Å². The average Bonchev–Trinajstić information content (AvgIpc) is 2.30. The molecular weight excluding hydrogens is 240 g/mol. The fraction of sp³-hybridized carbons (Fsp3) is 0.533. The summed E-state index contributed by atoms with van der Waals surface area (Å²) in [5, 5.41) is 9.35. The highest BCUT2D eigenvalue weighted by Gasteiger charge is 2.21. The Balaban J connectivity index is 2.94. The van der Waals surface area contributed by atoms with Gasteiger partial charge in [-0.15, -0.1) is 0 Å². The fourth-order valence-electron chi connectivity index (χ4n) is 2.37. The number of amides is 1. The first-order valence-corrected chi connectivity index (χ1v) is 6.75. The maximum atomic E-state index is 11.2. The van der Waals surface area contributed by atoms with E-state index in [0.717, 1.165) is 18.5 Å². The van der Waals surface area contributed by atoms with Crippen LogP contribution < -0.4 is 5.73 Å². The van der Waals surface area contributed by atoms with Gasteiger partial charge < -0.3 is 10.8 Å². The van der Waals surface area contributed by atoms with Gasteiger partial charge in [-0.05, 0) is 30.0 Å². The second-order valence-corrected chi connectivity index (χ2v) is 5.31. The van der Waals surface area contributed by atoms with E-state index >= 15 is 0 Å². The minimum atomic E-state index is -0.308. The molecule has 0 saturated heterocycles. The van der Waals surface area contributed by atoms with Gasteiger partial charge in [0.2, 0.25) is 5.91 Å².